The topological polar surface area (TPSA) is 89.3 Å². The first kappa shape index (κ1) is 15.1. The van der Waals surface area contributed by atoms with Gasteiger partial charge in [-0.1, -0.05) is 11.6 Å². The SMILES string of the molecule is CS(=O)(=O)CCNC(=O)c1sc2cc(Cl)ccc2c1N. The molecule has 0 saturated carbocycles. The highest BCUT2D eigenvalue weighted by atomic mass is 35.5. The molecule has 5 nitrogen and oxygen atoms in total. The third kappa shape index (κ3) is 3.41. The molecule has 1 amide bonds. The van der Waals surface area contributed by atoms with E-state index in [9.17, 15) is 13.2 Å². The zero-order valence-corrected chi connectivity index (χ0v) is 13.0. The molecule has 20 heavy (non-hydrogen) atoms. The predicted octanol–water partition coefficient (Wildman–Crippen LogP) is 1.91. The van der Waals surface area contributed by atoms with Crippen LogP contribution in [0.15, 0.2) is 18.2 Å². The number of nitrogens with two attached hydrogens (primary N) is 1. The number of halogens is 1. The van der Waals surface area contributed by atoms with E-state index < -0.39 is 9.84 Å². The van der Waals surface area contributed by atoms with Crippen LogP contribution in [0.3, 0.4) is 0 Å². The van der Waals surface area contributed by atoms with Crippen molar-refractivity contribution >= 4 is 54.5 Å². The molecule has 2 rings (SSSR count). The van der Waals surface area contributed by atoms with Crippen molar-refractivity contribution in [2.24, 2.45) is 0 Å². The second-order valence-electron chi connectivity index (χ2n) is 4.37. The summed E-state index contributed by atoms with van der Waals surface area (Å²) in [6.45, 7) is 0.0616. The zero-order chi connectivity index (χ0) is 14.9. The Balaban J connectivity index is 2.20. The van der Waals surface area contributed by atoms with Crippen LogP contribution in [0.25, 0.3) is 10.1 Å². The quantitative estimate of drug-likeness (QED) is 0.895. The number of carbonyl (C=O) groups is 1. The first-order valence-electron chi connectivity index (χ1n) is 5.71. The van der Waals surface area contributed by atoms with Gasteiger partial charge in [-0.05, 0) is 18.2 Å². The molecule has 1 aromatic heterocycles. The molecule has 108 valence electrons. The first-order valence-corrected chi connectivity index (χ1v) is 8.97. The molecule has 0 saturated heterocycles. The smallest absolute Gasteiger partial charge is 0.263 e. The molecule has 0 atom stereocenters. The molecule has 1 aromatic carbocycles. The van der Waals surface area contributed by atoms with Crippen molar-refractivity contribution in [3.8, 4) is 0 Å². The molecule has 0 spiro atoms. The van der Waals surface area contributed by atoms with Crippen LogP contribution in [0.1, 0.15) is 9.67 Å². The Hall–Kier alpha value is -1.31. The summed E-state index contributed by atoms with van der Waals surface area (Å²) in [6.07, 6.45) is 1.12. The Bertz CT molecular complexity index is 768. The van der Waals surface area contributed by atoms with E-state index in [4.69, 9.17) is 17.3 Å². The Morgan fingerprint density at radius 1 is 1.45 bits per heavy atom. The van der Waals surface area contributed by atoms with Gasteiger partial charge in [0, 0.05) is 27.9 Å². The van der Waals surface area contributed by atoms with Crippen LogP contribution in [0.2, 0.25) is 5.02 Å². The molecule has 3 N–H and O–H groups in total. The summed E-state index contributed by atoms with van der Waals surface area (Å²) in [4.78, 5) is 12.4. The highest BCUT2D eigenvalue weighted by molar-refractivity contribution is 7.90. The minimum absolute atomic E-state index is 0.0616. The Kier molecular flexibility index (Phi) is 4.22. The van der Waals surface area contributed by atoms with Gasteiger partial charge in [0.05, 0.1) is 11.4 Å². The van der Waals surface area contributed by atoms with Crippen molar-refractivity contribution in [2.45, 2.75) is 0 Å². The van der Waals surface area contributed by atoms with E-state index in [1.54, 1.807) is 18.2 Å². The number of thiophene rings is 1. The van der Waals surface area contributed by atoms with Crippen LogP contribution in [0.5, 0.6) is 0 Å². The van der Waals surface area contributed by atoms with E-state index in [1.807, 2.05) is 0 Å². The van der Waals surface area contributed by atoms with E-state index in [0.29, 0.717) is 15.6 Å². The highest BCUT2D eigenvalue weighted by Crippen LogP contribution is 2.35. The molecule has 2 aromatic rings. The summed E-state index contributed by atoms with van der Waals surface area (Å²) in [5.41, 5.74) is 6.32. The summed E-state index contributed by atoms with van der Waals surface area (Å²) in [7, 11) is -3.10. The number of nitrogen functional groups attached to an aromatic ring is 1. The fourth-order valence-electron chi connectivity index (χ4n) is 1.69. The third-order valence-electron chi connectivity index (χ3n) is 2.66. The van der Waals surface area contributed by atoms with Gasteiger partial charge in [-0.2, -0.15) is 0 Å². The van der Waals surface area contributed by atoms with Gasteiger partial charge in [0.1, 0.15) is 14.7 Å². The monoisotopic (exact) mass is 332 g/mol. The lowest BCUT2D eigenvalue weighted by Gasteiger charge is -2.03. The fourth-order valence-corrected chi connectivity index (χ4v) is 3.48. The molecular formula is C12H13ClN2O3S2. The molecule has 0 unspecified atom stereocenters. The maximum Gasteiger partial charge on any atom is 0.263 e. The van der Waals surface area contributed by atoms with Crippen LogP contribution in [-0.4, -0.2) is 32.9 Å². The van der Waals surface area contributed by atoms with Gasteiger partial charge in [-0.25, -0.2) is 8.42 Å². The fraction of sp³-hybridized carbons (Fsp3) is 0.250. The summed E-state index contributed by atoms with van der Waals surface area (Å²) < 4.78 is 22.8. The highest BCUT2D eigenvalue weighted by Gasteiger charge is 2.16. The first-order chi connectivity index (χ1) is 9.28. The van der Waals surface area contributed by atoms with Crippen molar-refractivity contribution in [2.75, 3.05) is 24.3 Å². The lowest BCUT2D eigenvalue weighted by atomic mass is 10.2. The van der Waals surface area contributed by atoms with Gasteiger partial charge in [0.2, 0.25) is 0 Å². The van der Waals surface area contributed by atoms with Crippen LogP contribution in [0, 0.1) is 0 Å². The van der Waals surface area contributed by atoms with Gasteiger partial charge in [0.15, 0.2) is 0 Å². The number of hydrogen-bond acceptors (Lipinski definition) is 5. The zero-order valence-electron chi connectivity index (χ0n) is 10.6. The van der Waals surface area contributed by atoms with Crippen LogP contribution in [0.4, 0.5) is 5.69 Å². The molecular weight excluding hydrogens is 320 g/mol. The Labute approximate surface area is 125 Å². The largest absolute Gasteiger partial charge is 0.397 e. The van der Waals surface area contributed by atoms with E-state index in [1.165, 1.54) is 11.3 Å². The van der Waals surface area contributed by atoms with Crippen LogP contribution >= 0.6 is 22.9 Å². The maximum absolute atomic E-state index is 12.0. The van der Waals surface area contributed by atoms with Gasteiger partial charge >= 0.3 is 0 Å². The van der Waals surface area contributed by atoms with Crippen molar-refractivity contribution in [3.05, 3.63) is 28.1 Å². The second-order valence-corrected chi connectivity index (χ2v) is 8.12. The van der Waals surface area contributed by atoms with Crippen LogP contribution in [-0.2, 0) is 9.84 Å². The summed E-state index contributed by atoms with van der Waals surface area (Å²) in [5.74, 6) is -0.474. The molecule has 0 bridgehead atoms. The van der Waals surface area contributed by atoms with Crippen molar-refractivity contribution in [1.29, 1.82) is 0 Å². The standard InChI is InChI=1S/C12H13ClN2O3S2/c1-20(17,18)5-4-15-12(16)11-10(14)8-3-2-7(13)6-9(8)19-11/h2-3,6H,4-5,14H2,1H3,(H,15,16). The average Bonchev–Trinajstić information content (AvgIpc) is 2.64. The van der Waals surface area contributed by atoms with Crippen molar-refractivity contribution < 1.29 is 13.2 Å². The van der Waals surface area contributed by atoms with E-state index >= 15 is 0 Å². The molecule has 1 heterocycles. The molecule has 0 fully saturated rings. The second kappa shape index (κ2) is 5.59. The van der Waals surface area contributed by atoms with Crippen molar-refractivity contribution in [1.82, 2.24) is 5.32 Å². The molecule has 0 radical (unpaired) electrons. The van der Waals surface area contributed by atoms with Gasteiger partial charge in [-0.3, -0.25) is 4.79 Å². The summed E-state index contributed by atoms with van der Waals surface area (Å²) >= 11 is 7.13. The molecule has 8 heteroatoms. The number of anilines is 1. The predicted molar refractivity (Wildman–Crippen MR) is 83.3 cm³/mol. The maximum atomic E-state index is 12.0. The minimum atomic E-state index is -3.10. The Morgan fingerprint density at radius 3 is 2.80 bits per heavy atom. The third-order valence-corrected chi connectivity index (χ3v) is 5.00. The lowest BCUT2D eigenvalue weighted by molar-refractivity contribution is 0.0961. The number of fused-ring (bicyclic) bond motifs is 1. The van der Waals surface area contributed by atoms with Gasteiger partial charge < -0.3 is 11.1 Å². The number of rotatable bonds is 4. The number of nitrogens with one attached hydrogen (secondary N) is 1. The summed E-state index contributed by atoms with van der Waals surface area (Å²) in [6, 6.07) is 5.21. The number of carbonyl (C=O) groups excluding carboxylic acids is 1. The minimum Gasteiger partial charge on any atom is -0.397 e. The van der Waals surface area contributed by atoms with Crippen molar-refractivity contribution in [3.63, 3.8) is 0 Å². The number of hydrogen-bond donors (Lipinski definition) is 2. The lowest BCUT2D eigenvalue weighted by Crippen LogP contribution is -2.28. The van der Waals surface area contributed by atoms with Gasteiger partial charge in [-0.15, -0.1) is 11.3 Å². The number of benzene rings is 1. The van der Waals surface area contributed by atoms with Crippen LogP contribution < -0.4 is 11.1 Å². The molecule has 0 aliphatic carbocycles. The average molecular weight is 333 g/mol. The van der Waals surface area contributed by atoms with E-state index in [-0.39, 0.29) is 18.2 Å². The van der Waals surface area contributed by atoms with E-state index in [0.717, 1.165) is 16.3 Å². The number of sulfone groups is 1. The molecule has 0 aliphatic heterocycles. The van der Waals surface area contributed by atoms with Gasteiger partial charge in [0.25, 0.3) is 5.91 Å². The Morgan fingerprint density at radius 2 is 2.15 bits per heavy atom. The van der Waals surface area contributed by atoms with E-state index in [2.05, 4.69) is 5.32 Å². The summed E-state index contributed by atoms with van der Waals surface area (Å²) in [5, 5.41) is 3.89. The number of amides is 1. The normalized spacial score (nSPS) is 11.7. The molecule has 0 aliphatic rings.